The number of nitriles is 1. The zero-order chi connectivity index (χ0) is 20.1. The summed E-state index contributed by atoms with van der Waals surface area (Å²) in [5.74, 6) is 0.364. The van der Waals surface area contributed by atoms with Gasteiger partial charge in [-0.25, -0.2) is 0 Å². The summed E-state index contributed by atoms with van der Waals surface area (Å²) in [6.45, 7) is 8.37. The molecule has 0 spiro atoms. The number of carbonyl (C=O) groups is 1. The number of Topliss-reactive ketones (excluding diaryl/α,β-unsaturated/α-hetero) is 1. The second kappa shape index (κ2) is 6.70. The number of nitrogens with two attached hydrogens (primary N) is 1. The molecule has 3 aliphatic rings. The molecule has 0 aromatic heterocycles. The van der Waals surface area contributed by atoms with E-state index in [2.05, 4.69) is 43.9 Å². The second-order valence-corrected chi connectivity index (χ2v) is 8.94. The molecule has 4 rings (SSSR count). The summed E-state index contributed by atoms with van der Waals surface area (Å²) < 4.78 is 5.77. The van der Waals surface area contributed by atoms with Crippen molar-refractivity contribution in [2.75, 3.05) is 18.0 Å². The molecule has 0 bridgehead atoms. The van der Waals surface area contributed by atoms with E-state index in [1.807, 2.05) is 6.07 Å². The van der Waals surface area contributed by atoms with Crippen LogP contribution in [-0.4, -0.2) is 18.9 Å². The Morgan fingerprint density at radius 2 is 1.96 bits per heavy atom. The van der Waals surface area contributed by atoms with Gasteiger partial charge in [0, 0.05) is 37.2 Å². The van der Waals surface area contributed by atoms with Gasteiger partial charge in [0.2, 0.25) is 5.88 Å². The Balaban J connectivity index is 1.80. The fourth-order valence-corrected chi connectivity index (χ4v) is 4.79. The van der Waals surface area contributed by atoms with Gasteiger partial charge in [0.05, 0.1) is 5.92 Å². The highest BCUT2D eigenvalue weighted by Crippen LogP contribution is 2.48. The maximum absolute atomic E-state index is 13.0. The summed E-state index contributed by atoms with van der Waals surface area (Å²) in [6.07, 6.45) is 3.54. The monoisotopic (exact) mass is 377 g/mol. The molecule has 1 aromatic rings. The summed E-state index contributed by atoms with van der Waals surface area (Å²) in [7, 11) is 0. The van der Waals surface area contributed by atoms with E-state index in [0.29, 0.717) is 29.7 Å². The van der Waals surface area contributed by atoms with Gasteiger partial charge >= 0.3 is 0 Å². The Labute approximate surface area is 166 Å². The van der Waals surface area contributed by atoms with Crippen molar-refractivity contribution < 1.29 is 9.53 Å². The smallest absolute Gasteiger partial charge is 0.205 e. The van der Waals surface area contributed by atoms with Gasteiger partial charge in [0.1, 0.15) is 17.4 Å². The lowest BCUT2D eigenvalue weighted by Gasteiger charge is -2.37. The highest BCUT2D eigenvalue weighted by molar-refractivity contribution is 6.00. The van der Waals surface area contributed by atoms with Crippen LogP contribution in [0, 0.1) is 23.7 Å². The van der Waals surface area contributed by atoms with Gasteiger partial charge in [-0.1, -0.05) is 26.0 Å². The van der Waals surface area contributed by atoms with Gasteiger partial charge in [0.15, 0.2) is 5.78 Å². The van der Waals surface area contributed by atoms with Crippen molar-refractivity contribution in [1.82, 2.24) is 0 Å². The molecule has 0 saturated carbocycles. The molecule has 5 nitrogen and oxygen atoms in total. The van der Waals surface area contributed by atoms with Crippen molar-refractivity contribution in [3.8, 4) is 6.07 Å². The molecule has 2 N–H and O–H groups in total. The minimum Gasteiger partial charge on any atom is -0.444 e. The molecular weight excluding hydrogens is 350 g/mol. The van der Waals surface area contributed by atoms with Crippen molar-refractivity contribution in [2.45, 2.75) is 52.4 Å². The first kappa shape index (κ1) is 18.6. The lowest BCUT2D eigenvalue weighted by molar-refractivity contribution is -0.119. The Hall–Kier alpha value is -2.74. The van der Waals surface area contributed by atoms with E-state index in [-0.39, 0.29) is 17.1 Å². The van der Waals surface area contributed by atoms with E-state index >= 15 is 0 Å². The number of rotatable bonds is 2. The molecule has 28 heavy (non-hydrogen) atoms. The summed E-state index contributed by atoms with van der Waals surface area (Å²) in [6, 6.07) is 8.46. The summed E-state index contributed by atoms with van der Waals surface area (Å²) in [5, 5.41) is 9.76. The first-order valence-corrected chi connectivity index (χ1v) is 10.00. The van der Waals surface area contributed by atoms with Crippen molar-refractivity contribution in [3.63, 3.8) is 0 Å². The number of carbonyl (C=O) groups excluding carboxylic acids is 1. The van der Waals surface area contributed by atoms with E-state index in [9.17, 15) is 10.1 Å². The Bertz CT molecular complexity index is 943. The van der Waals surface area contributed by atoms with Gasteiger partial charge < -0.3 is 15.4 Å². The molecule has 1 saturated heterocycles. The molecule has 1 atom stereocenters. The van der Waals surface area contributed by atoms with Crippen molar-refractivity contribution in [3.05, 3.63) is 52.1 Å². The largest absolute Gasteiger partial charge is 0.444 e. The molecule has 1 aromatic carbocycles. The average Bonchev–Trinajstić information content (AvgIpc) is 3.13. The first-order valence-electron chi connectivity index (χ1n) is 10.00. The summed E-state index contributed by atoms with van der Waals surface area (Å²) in [5.41, 5.74) is 10.2. The zero-order valence-electron chi connectivity index (χ0n) is 16.8. The molecule has 1 fully saturated rings. The van der Waals surface area contributed by atoms with E-state index in [4.69, 9.17) is 10.5 Å². The van der Waals surface area contributed by atoms with Gasteiger partial charge in [0.25, 0.3) is 0 Å². The van der Waals surface area contributed by atoms with Crippen LogP contribution in [0.1, 0.15) is 56.6 Å². The second-order valence-electron chi connectivity index (χ2n) is 8.94. The fourth-order valence-electron chi connectivity index (χ4n) is 4.79. The number of hydrogen-bond donors (Lipinski definition) is 1. The maximum atomic E-state index is 13.0. The molecular formula is C23H27N3O2. The number of benzene rings is 1. The van der Waals surface area contributed by atoms with E-state index < -0.39 is 5.92 Å². The van der Waals surface area contributed by atoms with Gasteiger partial charge in [-0.05, 0) is 42.4 Å². The standard InChI is InChI=1S/C23H27N3O2/c1-14-10-15(6-7-17(14)26-8-4-5-9-26)20-16(13-24)22(25)28-19-12-23(2,3)11-18(27)21(19)20/h6-7,10,20H,4-5,8-9,11-12,25H2,1-3H3/t20-/m0/s1. The van der Waals surface area contributed by atoms with E-state index in [1.54, 1.807) is 0 Å². The molecule has 0 amide bonds. The number of anilines is 1. The number of ketones is 1. The minimum atomic E-state index is -0.441. The fraction of sp³-hybridized carbons (Fsp3) is 0.478. The number of aryl methyl sites for hydroxylation is 1. The van der Waals surface area contributed by atoms with Crippen molar-refractivity contribution >= 4 is 11.5 Å². The molecule has 0 radical (unpaired) electrons. The van der Waals surface area contributed by atoms with Crippen LogP contribution in [0.3, 0.4) is 0 Å². The molecule has 2 aliphatic heterocycles. The van der Waals surface area contributed by atoms with Gasteiger partial charge in [-0.3, -0.25) is 4.79 Å². The predicted molar refractivity (Wildman–Crippen MR) is 108 cm³/mol. The normalized spacial score (nSPS) is 24.1. The van der Waals surface area contributed by atoms with Crippen LogP contribution < -0.4 is 10.6 Å². The molecule has 2 heterocycles. The van der Waals surface area contributed by atoms with Crippen molar-refractivity contribution in [1.29, 1.82) is 5.26 Å². The topological polar surface area (TPSA) is 79.4 Å². The highest BCUT2D eigenvalue weighted by atomic mass is 16.5. The number of hydrogen-bond acceptors (Lipinski definition) is 5. The van der Waals surface area contributed by atoms with Crippen LogP contribution in [0.5, 0.6) is 0 Å². The van der Waals surface area contributed by atoms with Crippen LogP contribution in [0.4, 0.5) is 5.69 Å². The highest BCUT2D eigenvalue weighted by Gasteiger charge is 2.43. The zero-order valence-corrected chi connectivity index (χ0v) is 16.8. The van der Waals surface area contributed by atoms with Crippen LogP contribution in [0.2, 0.25) is 0 Å². The van der Waals surface area contributed by atoms with E-state index in [1.165, 1.54) is 18.5 Å². The quantitative estimate of drug-likeness (QED) is 0.841. The van der Waals surface area contributed by atoms with Crippen LogP contribution in [-0.2, 0) is 9.53 Å². The molecule has 146 valence electrons. The van der Waals surface area contributed by atoms with Crippen LogP contribution in [0.15, 0.2) is 41.0 Å². The van der Waals surface area contributed by atoms with Gasteiger partial charge in [-0.2, -0.15) is 5.26 Å². The Morgan fingerprint density at radius 3 is 2.61 bits per heavy atom. The third kappa shape index (κ3) is 3.07. The minimum absolute atomic E-state index is 0.0535. The summed E-state index contributed by atoms with van der Waals surface area (Å²) >= 11 is 0. The van der Waals surface area contributed by atoms with Crippen LogP contribution in [0.25, 0.3) is 0 Å². The third-order valence-corrected chi connectivity index (χ3v) is 6.08. The lowest BCUT2D eigenvalue weighted by atomic mass is 9.70. The third-order valence-electron chi connectivity index (χ3n) is 6.08. The lowest BCUT2D eigenvalue weighted by Crippen LogP contribution is -2.33. The van der Waals surface area contributed by atoms with Gasteiger partial charge in [-0.15, -0.1) is 0 Å². The number of nitrogens with zero attached hydrogens (tertiary/aromatic N) is 2. The van der Waals surface area contributed by atoms with Crippen LogP contribution >= 0.6 is 0 Å². The number of allylic oxidation sites excluding steroid dienone is 3. The van der Waals surface area contributed by atoms with Crippen molar-refractivity contribution in [2.24, 2.45) is 11.1 Å². The number of ether oxygens (including phenoxy) is 1. The molecule has 5 heteroatoms. The first-order chi connectivity index (χ1) is 13.3. The SMILES string of the molecule is Cc1cc([C@H]2C(C#N)=C(N)OC3=C2C(=O)CC(C)(C)C3)ccc1N1CCCC1. The summed E-state index contributed by atoms with van der Waals surface area (Å²) in [4.78, 5) is 15.4. The predicted octanol–water partition coefficient (Wildman–Crippen LogP) is 4.05. The molecule has 1 aliphatic carbocycles. The molecule has 0 unspecified atom stereocenters. The maximum Gasteiger partial charge on any atom is 0.205 e. The van der Waals surface area contributed by atoms with E-state index in [0.717, 1.165) is 24.2 Å². The average molecular weight is 377 g/mol. The Kier molecular flexibility index (Phi) is 4.45. The Morgan fingerprint density at radius 1 is 1.25 bits per heavy atom.